The van der Waals surface area contributed by atoms with Crippen LogP contribution < -0.4 is 0 Å². The van der Waals surface area contributed by atoms with Gasteiger partial charge in [-0.15, -0.1) is 6.58 Å². The summed E-state index contributed by atoms with van der Waals surface area (Å²) < 4.78 is 38.4. The summed E-state index contributed by atoms with van der Waals surface area (Å²) in [7, 11) is 0. The first kappa shape index (κ1) is 26.8. The van der Waals surface area contributed by atoms with Crippen LogP contribution in [0.1, 0.15) is 35.8 Å². The number of benzene rings is 3. The Morgan fingerprint density at radius 1 is 0.737 bits per heavy atom. The lowest BCUT2D eigenvalue weighted by Gasteiger charge is -2.49. The number of unbranched alkanes of at least 4 members (excludes halogenated alkanes) is 1. The van der Waals surface area contributed by atoms with Gasteiger partial charge in [-0.25, -0.2) is 0 Å². The van der Waals surface area contributed by atoms with Gasteiger partial charge in [-0.05, 0) is 24.0 Å². The van der Waals surface area contributed by atoms with Gasteiger partial charge in [0.05, 0.1) is 26.4 Å². The van der Waals surface area contributed by atoms with Gasteiger partial charge in [-0.2, -0.15) is 0 Å². The maximum atomic E-state index is 6.60. The Labute approximate surface area is 225 Å². The van der Waals surface area contributed by atoms with Gasteiger partial charge >= 0.3 is 0 Å². The number of rotatable bonds is 12. The van der Waals surface area contributed by atoms with Crippen LogP contribution in [-0.2, 0) is 41.6 Å². The Hall–Kier alpha value is -2.84. The molecule has 2 heterocycles. The molecule has 0 amide bonds. The van der Waals surface area contributed by atoms with Crippen molar-refractivity contribution in [3.05, 3.63) is 120 Å². The van der Waals surface area contributed by atoms with Crippen LogP contribution in [0.5, 0.6) is 0 Å². The van der Waals surface area contributed by atoms with E-state index in [0.717, 1.165) is 29.5 Å². The molecule has 0 aliphatic carbocycles. The third kappa shape index (κ3) is 6.97. The predicted octanol–water partition coefficient (Wildman–Crippen LogP) is 5.98. The Balaban J connectivity index is 1.39. The minimum absolute atomic E-state index is 0.350. The van der Waals surface area contributed by atoms with Crippen LogP contribution >= 0.6 is 0 Å². The minimum Gasteiger partial charge on any atom is -0.368 e. The van der Waals surface area contributed by atoms with Crippen LogP contribution in [0, 0.1) is 0 Å². The topological polar surface area (TPSA) is 55.4 Å². The molecule has 3 aromatic carbocycles. The third-order valence-corrected chi connectivity index (χ3v) is 6.76. The van der Waals surface area contributed by atoms with Crippen LogP contribution in [0.4, 0.5) is 0 Å². The Morgan fingerprint density at radius 3 is 1.97 bits per heavy atom. The zero-order valence-electron chi connectivity index (χ0n) is 21.6. The van der Waals surface area contributed by atoms with Crippen molar-refractivity contribution in [2.45, 2.75) is 63.1 Å². The second-order valence-corrected chi connectivity index (χ2v) is 9.54. The molecule has 5 rings (SSSR count). The van der Waals surface area contributed by atoms with E-state index in [4.69, 9.17) is 28.4 Å². The van der Waals surface area contributed by atoms with Crippen molar-refractivity contribution in [3.63, 3.8) is 0 Å². The van der Waals surface area contributed by atoms with Crippen molar-refractivity contribution in [1.82, 2.24) is 0 Å². The van der Waals surface area contributed by atoms with E-state index in [9.17, 15) is 0 Å². The van der Waals surface area contributed by atoms with Gasteiger partial charge in [0.2, 0.25) is 0 Å². The highest BCUT2D eigenvalue weighted by atomic mass is 16.8. The first-order valence-corrected chi connectivity index (χ1v) is 13.3. The summed E-state index contributed by atoms with van der Waals surface area (Å²) in [6.07, 6.45) is 0.797. The summed E-state index contributed by atoms with van der Waals surface area (Å²) in [5.41, 5.74) is 3.10. The van der Waals surface area contributed by atoms with Gasteiger partial charge in [-0.1, -0.05) is 97.1 Å². The summed E-state index contributed by atoms with van der Waals surface area (Å²) >= 11 is 0. The molecule has 2 fully saturated rings. The molecule has 0 N–H and O–H groups in total. The lowest BCUT2D eigenvalue weighted by molar-refractivity contribution is -0.372. The van der Waals surface area contributed by atoms with Crippen molar-refractivity contribution < 1.29 is 28.4 Å². The fraction of sp³-hybridized carbons (Fsp3) is 0.375. The highest BCUT2D eigenvalue weighted by molar-refractivity contribution is 5.17. The molecule has 200 valence electrons. The molecule has 0 radical (unpaired) electrons. The number of allylic oxidation sites excluding steroid dienone is 1. The van der Waals surface area contributed by atoms with Gasteiger partial charge in [0.15, 0.2) is 12.6 Å². The molecular formula is C32H36O6. The molecule has 0 spiro atoms. The lowest BCUT2D eigenvalue weighted by Crippen LogP contribution is -2.63. The van der Waals surface area contributed by atoms with E-state index in [1.54, 1.807) is 0 Å². The molecule has 6 nitrogen and oxygen atoms in total. The van der Waals surface area contributed by atoms with Crippen molar-refractivity contribution in [2.24, 2.45) is 0 Å². The van der Waals surface area contributed by atoms with Crippen LogP contribution in [0.25, 0.3) is 0 Å². The first-order chi connectivity index (χ1) is 18.8. The van der Waals surface area contributed by atoms with E-state index in [0.29, 0.717) is 26.4 Å². The highest BCUT2D eigenvalue weighted by Crippen LogP contribution is 2.37. The van der Waals surface area contributed by atoms with Gasteiger partial charge in [0, 0.05) is 5.56 Å². The van der Waals surface area contributed by atoms with Crippen LogP contribution in [-0.4, -0.2) is 43.9 Å². The second kappa shape index (κ2) is 13.8. The summed E-state index contributed by atoms with van der Waals surface area (Å²) in [5, 5.41) is 0. The Bertz CT molecular complexity index is 1090. The minimum atomic E-state index is -0.619. The molecule has 3 aromatic rings. The van der Waals surface area contributed by atoms with E-state index in [1.165, 1.54) is 0 Å². The van der Waals surface area contributed by atoms with Crippen LogP contribution in [0.3, 0.4) is 0 Å². The maximum Gasteiger partial charge on any atom is 0.186 e. The monoisotopic (exact) mass is 516 g/mol. The maximum absolute atomic E-state index is 6.60. The fourth-order valence-corrected chi connectivity index (χ4v) is 4.79. The molecule has 0 bridgehead atoms. The fourth-order valence-electron chi connectivity index (χ4n) is 4.79. The quantitative estimate of drug-likeness (QED) is 0.218. The molecular weight excluding hydrogens is 480 g/mol. The smallest absolute Gasteiger partial charge is 0.186 e. The van der Waals surface area contributed by atoms with E-state index >= 15 is 0 Å². The average molecular weight is 517 g/mol. The van der Waals surface area contributed by atoms with Crippen molar-refractivity contribution in [1.29, 1.82) is 0 Å². The SMILES string of the molecule is C=CCCCO[C@@H]1O[C@@H]2CO[C@@H](c3ccccc3)O[C@H]2[C@H](OCc2ccccc2)[C@H]1OCc1ccccc1. The number of hydrogen-bond acceptors (Lipinski definition) is 6. The van der Waals surface area contributed by atoms with Crippen molar-refractivity contribution >= 4 is 0 Å². The zero-order chi connectivity index (χ0) is 26.0. The predicted molar refractivity (Wildman–Crippen MR) is 144 cm³/mol. The molecule has 2 aliphatic heterocycles. The zero-order valence-corrected chi connectivity index (χ0v) is 21.6. The number of ether oxygens (including phenoxy) is 6. The third-order valence-electron chi connectivity index (χ3n) is 6.76. The first-order valence-electron chi connectivity index (χ1n) is 13.3. The number of hydrogen-bond donors (Lipinski definition) is 0. The van der Waals surface area contributed by atoms with Crippen LogP contribution in [0.15, 0.2) is 104 Å². The highest BCUT2D eigenvalue weighted by Gasteiger charge is 2.51. The molecule has 2 aliphatic rings. The van der Waals surface area contributed by atoms with E-state index in [2.05, 4.69) is 18.7 Å². The Kier molecular flexibility index (Phi) is 9.72. The molecule has 38 heavy (non-hydrogen) atoms. The van der Waals surface area contributed by atoms with Gasteiger partial charge in [0.1, 0.15) is 24.4 Å². The van der Waals surface area contributed by atoms with Gasteiger partial charge in [0.25, 0.3) is 0 Å². The molecule has 2 saturated heterocycles. The number of fused-ring (bicyclic) bond motifs is 1. The lowest BCUT2D eigenvalue weighted by atomic mass is 9.97. The standard InChI is InChI=1S/C32H36O6/c1-2-3-13-20-33-32-30(35-22-25-16-9-5-10-17-25)29(34-21-24-14-7-4-8-15-24)28-27(37-32)23-36-31(38-28)26-18-11-6-12-19-26/h2,4-12,14-19,27-32H,1,3,13,20-23H2/t27-,28-,29+,30-,31-,32-/m1/s1. The summed E-state index contributed by atoms with van der Waals surface area (Å²) in [6, 6.07) is 30.2. The van der Waals surface area contributed by atoms with Crippen molar-refractivity contribution in [2.75, 3.05) is 13.2 Å². The normalized spacial score (nSPS) is 26.9. The average Bonchev–Trinajstić information content (AvgIpc) is 2.98. The second-order valence-electron chi connectivity index (χ2n) is 9.54. The van der Waals surface area contributed by atoms with Gasteiger partial charge < -0.3 is 28.4 Å². The Morgan fingerprint density at radius 2 is 1.34 bits per heavy atom. The van der Waals surface area contributed by atoms with Crippen molar-refractivity contribution in [3.8, 4) is 0 Å². The van der Waals surface area contributed by atoms with Crippen LogP contribution in [0.2, 0.25) is 0 Å². The van der Waals surface area contributed by atoms with E-state index in [-0.39, 0.29) is 6.10 Å². The molecule has 6 heteroatoms. The van der Waals surface area contributed by atoms with Gasteiger partial charge in [-0.3, -0.25) is 0 Å². The largest absolute Gasteiger partial charge is 0.368 e. The molecule has 0 unspecified atom stereocenters. The summed E-state index contributed by atoms with van der Waals surface area (Å²) in [5.74, 6) is 0. The van der Waals surface area contributed by atoms with E-state index in [1.807, 2.05) is 84.9 Å². The molecule has 0 saturated carbocycles. The van der Waals surface area contributed by atoms with E-state index < -0.39 is 30.9 Å². The molecule has 6 atom stereocenters. The molecule has 0 aromatic heterocycles. The summed E-state index contributed by atoms with van der Waals surface area (Å²) in [6.45, 7) is 5.53. The summed E-state index contributed by atoms with van der Waals surface area (Å²) in [4.78, 5) is 0.